The van der Waals surface area contributed by atoms with E-state index < -0.39 is 102 Å². The highest BCUT2D eigenvalue weighted by molar-refractivity contribution is 6.41. The van der Waals surface area contributed by atoms with E-state index in [2.05, 4.69) is 10.6 Å². The van der Waals surface area contributed by atoms with Gasteiger partial charge >= 0.3 is 23.9 Å². The van der Waals surface area contributed by atoms with Gasteiger partial charge in [0.2, 0.25) is 11.8 Å². The van der Waals surface area contributed by atoms with Gasteiger partial charge in [0.05, 0.1) is 37.8 Å². The topological polar surface area (TPSA) is 202 Å². The Bertz CT molecular complexity index is 1500. The fourth-order valence-electron chi connectivity index (χ4n) is 4.76. The average molecular weight is 701 g/mol. The Kier molecular flexibility index (Phi) is 16.7. The van der Waals surface area contributed by atoms with Crippen molar-refractivity contribution in [3.05, 3.63) is 82.9 Å². The lowest BCUT2D eigenvalue weighted by atomic mass is 9.86. The second kappa shape index (κ2) is 20.4. The van der Waals surface area contributed by atoms with Crippen LogP contribution in [0.4, 0.5) is 0 Å². The molecule has 0 spiro atoms. The zero-order chi connectivity index (χ0) is 36.5. The number of carbonyl (C=O) groups is 7. The molecule has 0 aromatic heterocycles. The first kappa shape index (κ1) is 40.1. The van der Waals surface area contributed by atoms with Crippen molar-refractivity contribution in [1.82, 2.24) is 10.6 Å². The standard InChI is InChI=1S/C35H41ClN2O11/c1-4-48-35(47)27(36)17-25(18-30(42)43)37-34(46)26(21(2)3)19-28(39)32(23-13-9-6-10-14-23)38-33(45)24(15-29(40)41)16-31(44)49-20-22-11-7-5-8-12-22/h5-14,17,21,24-26,32H,4,15-16,18-20H2,1-3H3,(H,37,46)(H,38,45)(H,40,41)(H,42,43)/b27-17-/t24-,25-,26+,32+/m1/s1. The summed E-state index contributed by atoms with van der Waals surface area (Å²) in [5.74, 6) is -9.40. The smallest absolute Gasteiger partial charge is 0.349 e. The summed E-state index contributed by atoms with van der Waals surface area (Å²) in [5.41, 5.74) is 1.04. The van der Waals surface area contributed by atoms with Crippen LogP contribution in [0.25, 0.3) is 0 Å². The molecular formula is C35H41ClN2O11. The number of ether oxygens (including phenoxy) is 2. The summed E-state index contributed by atoms with van der Waals surface area (Å²) in [7, 11) is 0. The Labute approximate surface area is 289 Å². The Morgan fingerprint density at radius 1 is 0.776 bits per heavy atom. The van der Waals surface area contributed by atoms with Gasteiger partial charge in [-0.25, -0.2) is 4.79 Å². The van der Waals surface area contributed by atoms with Crippen LogP contribution in [0.15, 0.2) is 71.8 Å². The lowest BCUT2D eigenvalue weighted by Gasteiger charge is -2.26. The highest BCUT2D eigenvalue weighted by Crippen LogP contribution is 2.24. The lowest BCUT2D eigenvalue weighted by molar-refractivity contribution is -0.150. The molecule has 0 bridgehead atoms. The number of nitrogens with one attached hydrogen (secondary N) is 2. The molecule has 4 N–H and O–H groups in total. The molecule has 0 saturated heterocycles. The molecule has 0 aliphatic carbocycles. The highest BCUT2D eigenvalue weighted by atomic mass is 35.5. The third-order valence-electron chi connectivity index (χ3n) is 7.29. The fourth-order valence-corrected chi connectivity index (χ4v) is 4.97. The zero-order valence-corrected chi connectivity index (χ0v) is 28.2. The molecule has 2 aromatic carbocycles. The van der Waals surface area contributed by atoms with E-state index in [4.69, 9.17) is 21.1 Å². The molecule has 0 heterocycles. The van der Waals surface area contributed by atoms with Gasteiger partial charge in [0.15, 0.2) is 5.78 Å². The summed E-state index contributed by atoms with van der Waals surface area (Å²) in [4.78, 5) is 88.4. The van der Waals surface area contributed by atoms with E-state index in [1.807, 2.05) is 0 Å². The molecule has 14 heteroatoms. The van der Waals surface area contributed by atoms with Gasteiger partial charge in [-0.1, -0.05) is 86.1 Å². The minimum Gasteiger partial charge on any atom is -0.481 e. The van der Waals surface area contributed by atoms with Crippen LogP contribution in [0, 0.1) is 17.8 Å². The van der Waals surface area contributed by atoms with Crippen LogP contribution < -0.4 is 10.6 Å². The van der Waals surface area contributed by atoms with Crippen LogP contribution in [0.5, 0.6) is 0 Å². The number of rotatable bonds is 20. The third kappa shape index (κ3) is 14.3. The van der Waals surface area contributed by atoms with Gasteiger partial charge < -0.3 is 30.3 Å². The van der Waals surface area contributed by atoms with Gasteiger partial charge in [-0.15, -0.1) is 0 Å². The lowest BCUT2D eigenvalue weighted by Crippen LogP contribution is -2.44. The number of carboxylic acids is 2. The van der Waals surface area contributed by atoms with Gasteiger partial charge in [-0.2, -0.15) is 0 Å². The van der Waals surface area contributed by atoms with E-state index in [1.54, 1.807) is 81.4 Å². The molecule has 0 radical (unpaired) electrons. The summed E-state index contributed by atoms with van der Waals surface area (Å²) < 4.78 is 10.0. The van der Waals surface area contributed by atoms with Crippen LogP contribution in [0.2, 0.25) is 0 Å². The number of carbonyl (C=O) groups excluding carboxylic acids is 5. The second-order valence-electron chi connectivity index (χ2n) is 11.5. The Morgan fingerprint density at radius 2 is 1.37 bits per heavy atom. The van der Waals surface area contributed by atoms with Crippen LogP contribution >= 0.6 is 11.6 Å². The molecule has 0 fully saturated rings. The van der Waals surface area contributed by atoms with Crippen molar-refractivity contribution in [3.8, 4) is 0 Å². The first-order valence-electron chi connectivity index (χ1n) is 15.6. The van der Waals surface area contributed by atoms with Gasteiger partial charge in [0.1, 0.15) is 17.7 Å². The first-order chi connectivity index (χ1) is 23.2. The van der Waals surface area contributed by atoms with E-state index in [1.165, 1.54) is 0 Å². The van der Waals surface area contributed by atoms with Crippen molar-refractivity contribution >= 4 is 53.1 Å². The normalized spacial score (nSPS) is 13.7. The van der Waals surface area contributed by atoms with E-state index in [9.17, 15) is 43.8 Å². The Hall–Kier alpha value is -5.04. The molecule has 264 valence electrons. The molecule has 0 aliphatic rings. The minimum absolute atomic E-state index is 0.0188. The molecule has 49 heavy (non-hydrogen) atoms. The number of amides is 2. The predicted octanol–water partition coefficient (Wildman–Crippen LogP) is 3.95. The minimum atomic E-state index is -1.38. The SMILES string of the molecule is CCOC(=O)/C(Cl)=C/[C@H](CC(=O)O)NC(=O)[C@@H](CC(=O)[C@@H](NC(=O)[C@H](CC(=O)O)CC(=O)OCc1ccccc1)c1ccccc1)C(C)C. The largest absolute Gasteiger partial charge is 0.481 e. The summed E-state index contributed by atoms with van der Waals surface area (Å²) >= 11 is 5.97. The number of halogens is 1. The number of esters is 2. The second-order valence-corrected chi connectivity index (χ2v) is 11.9. The first-order valence-corrected chi connectivity index (χ1v) is 15.9. The third-order valence-corrected chi connectivity index (χ3v) is 7.57. The molecule has 2 aromatic rings. The van der Waals surface area contributed by atoms with Crippen LogP contribution in [0.3, 0.4) is 0 Å². The maximum atomic E-state index is 13.8. The summed E-state index contributed by atoms with van der Waals surface area (Å²) in [6.45, 7) is 4.84. The zero-order valence-electron chi connectivity index (χ0n) is 27.4. The van der Waals surface area contributed by atoms with Crippen molar-refractivity contribution in [2.24, 2.45) is 17.8 Å². The number of ketones is 1. The van der Waals surface area contributed by atoms with Gasteiger partial charge in [-0.05, 0) is 30.0 Å². The Balaban J connectivity index is 2.28. The summed E-state index contributed by atoms with van der Waals surface area (Å²) in [6.07, 6.45) is -1.27. The number of aliphatic carboxylic acids is 2. The molecule has 0 unspecified atom stereocenters. The molecule has 0 aliphatic heterocycles. The van der Waals surface area contributed by atoms with Gasteiger partial charge in [0, 0.05) is 12.3 Å². The number of Topliss-reactive ketones (excluding diaryl/α,β-unsaturated/α-hetero) is 1. The van der Waals surface area contributed by atoms with E-state index in [0.717, 1.165) is 6.08 Å². The highest BCUT2D eigenvalue weighted by Gasteiger charge is 2.34. The summed E-state index contributed by atoms with van der Waals surface area (Å²) in [6, 6.07) is 14.3. The van der Waals surface area contributed by atoms with Crippen LogP contribution in [0.1, 0.15) is 63.6 Å². The molecule has 2 rings (SSSR count). The molecule has 4 atom stereocenters. The van der Waals surface area contributed by atoms with E-state index >= 15 is 0 Å². The number of hydrogen-bond acceptors (Lipinski definition) is 9. The van der Waals surface area contributed by atoms with Crippen molar-refractivity contribution in [2.45, 2.75) is 65.1 Å². The average Bonchev–Trinajstić information content (AvgIpc) is 3.04. The van der Waals surface area contributed by atoms with Crippen molar-refractivity contribution < 1.29 is 53.2 Å². The molecule has 0 saturated carbocycles. The van der Waals surface area contributed by atoms with E-state index in [-0.39, 0.29) is 13.2 Å². The summed E-state index contributed by atoms with van der Waals surface area (Å²) in [5, 5.41) is 23.5. The number of hydrogen-bond donors (Lipinski definition) is 4. The maximum absolute atomic E-state index is 13.8. The van der Waals surface area contributed by atoms with Crippen molar-refractivity contribution in [3.63, 3.8) is 0 Å². The monoisotopic (exact) mass is 700 g/mol. The quantitative estimate of drug-likeness (QED) is 0.115. The van der Waals surface area contributed by atoms with Crippen LogP contribution in [-0.2, 0) is 49.6 Å². The molecule has 2 amide bonds. The van der Waals surface area contributed by atoms with Gasteiger partial charge in [-0.3, -0.25) is 28.8 Å². The number of carboxylic acid groups (broad SMARTS) is 2. The molecule has 13 nitrogen and oxygen atoms in total. The van der Waals surface area contributed by atoms with Crippen molar-refractivity contribution in [2.75, 3.05) is 6.61 Å². The van der Waals surface area contributed by atoms with E-state index in [0.29, 0.717) is 11.1 Å². The Morgan fingerprint density at radius 3 is 1.92 bits per heavy atom. The molecular weight excluding hydrogens is 660 g/mol. The predicted molar refractivity (Wildman–Crippen MR) is 177 cm³/mol. The number of benzene rings is 2. The van der Waals surface area contributed by atoms with Crippen LogP contribution in [-0.4, -0.2) is 64.3 Å². The fraction of sp³-hybridized carbons (Fsp3) is 0.400. The van der Waals surface area contributed by atoms with Crippen molar-refractivity contribution in [1.29, 1.82) is 0 Å². The maximum Gasteiger partial charge on any atom is 0.349 e. The van der Waals surface area contributed by atoms with Gasteiger partial charge in [0.25, 0.3) is 0 Å².